The van der Waals surface area contributed by atoms with E-state index in [-0.39, 0.29) is 13.2 Å². The van der Waals surface area contributed by atoms with Crippen molar-refractivity contribution in [3.8, 4) is 0 Å². The number of aliphatic hydroxyl groups excluding tert-OH is 1. The Balaban J connectivity index is 1.76. The number of hydrogen-bond acceptors (Lipinski definition) is 19. The smallest absolute Gasteiger partial charge is 0.303 e. The maximum Gasteiger partial charge on any atom is 0.303 e. The molecule has 19 nitrogen and oxygen atoms in total. The van der Waals surface area contributed by atoms with Crippen LogP contribution in [0.3, 0.4) is 0 Å². The first kappa shape index (κ1) is 43.5. The van der Waals surface area contributed by atoms with Crippen LogP contribution in [0.2, 0.25) is 0 Å². The lowest BCUT2D eigenvalue weighted by Gasteiger charge is -2.48. The second kappa shape index (κ2) is 19.6. The number of hydrogen-bond donors (Lipinski definition) is 1. The van der Waals surface area contributed by atoms with Gasteiger partial charge >= 0.3 is 35.8 Å². The third kappa shape index (κ3) is 11.9. The molecule has 0 bridgehead atoms. The molecular formula is C36H48O19. The summed E-state index contributed by atoms with van der Waals surface area (Å²) in [5.41, 5.74) is 0.754. The molecule has 14 atom stereocenters. The Hall–Kier alpha value is -4.24. The number of benzene rings is 1. The molecular weight excluding hydrogens is 736 g/mol. The highest BCUT2D eigenvalue weighted by Gasteiger charge is 2.56. The van der Waals surface area contributed by atoms with Crippen molar-refractivity contribution in [3.63, 3.8) is 0 Å². The van der Waals surface area contributed by atoms with E-state index in [1.54, 1.807) is 24.3 Å². The van der Waals surface area contributed by atoms with Crippen molar-refractivity contribution in [2.75, 3.05) is 6.61 Å². The van der Waals surface area contributed by atoms with Gasteiger partial charge in [0.05, 0.1) is 25.4 Å². The van der Waals surface area contributed by atoms with E-state index >= 15 is 0 Å². The minimum Gasteiger partial charge on any atom is -0.456 e. The summed E-state index contributed by atoms with van der Waals surface area (Å²) >= 11 is 0. The zero-order chi connectivity index (χ0) is 40.6. The van der Waals surface area contributed by atoms with Crippen LogP contribution in [0.15, 0.2) is 30.3 Å². The van der Waals surface area contributed by atoms with Crippen molar-refractivity contribution >= 4 is 35.8 Å². The Labute approximate surface area is 316 Å². The molecule has 1 aromatic rings. The van der Waals surface area contributed by atoms with E-state index in [2.05, 4.69) is 0 Å². The Morgan fingerprint density at radius 3 is 1.36 bits per heavy atom. The molecule has 306 valence electrons. The van der Waals surface area contributed by atoms with Gasteiger partial charge in [0.2, 0.25) is 0 Å². The highest BCUT2D eigenvalue weighted by molar-refractivity contribution is 5.69. The van der Waals surface area contributed by atoms with E-state index in [1.165, 1.54) is 13.8 Å². The van der Waals surface area contributed by atoms with Crippen molar-refractivity contribution in [2.24, 2.45) is 0 Å². The van der Waals surface area contributed by atoms with Gasteiger partial charge in [-0.25, -0.2) is 0 Å². The van der Waals surface area contributed by atoms with E-state index < -0.39 is 122 Å². The standard InChI is InChI=1S/C36H48O19/c1-16-26(48-18(3)37)29(50-20(5)39)32(52-22(7)41)35(46-16)54-28-25(44-14-24-12-10-9-11-13-24)15-45-34(43)31(28)55-36-33(53-23(8)42)30(51-21(6)40)27(17(2)47-36)49-19(4)38/h9-13,16-17,25-36,43H,14-15H2,1-8H3/t16-,17-,25+,26-,27-,28-,29+,30+,31-,32+,33+,34-,35-,36-/m0/s1. The molecule has 3 heterocycles. The molecule has 0 spiro atoms. The van der Waals surface area contributed by atoms with Crippen molar-refractivity contribution in [1.29, 1.82) is 0 Å². The van der Waals surface area contributed by atoms with Crippen LogP contribution in [0.4, 0.5) is 0 Å². The first-order valence-corrected chi connectivity index (χ1v) is 17.6. The third-order valence-electron chi connectivity index (χ3n) is 8.56. The molecule has 19 heteroatoms. The molecule has 1 aromatic carbocycles. The number of carbonyl (C=O) groups excluding carboxylic acids is 6. The normalized spacial score (nSPS) is 34.7. The number of esters is 6. The van der Waals surface area contributed by atoms with Gasteiger partial charge in [-0.05, 0) is 19.4 Å². The molecule has 0 radical (unpaired) electrons. The van der Waals surface area contributed by atoms with Crippen molar-refractivity contribution in [3.05, 3.63) is 35.9 Å². The van der Waals surface area contributed by atoms with Crippen molar-refractivity contribution < 1.29 is 90.7 Å². The summed E-state index contributed by atoms with van der Waals surface area (Å²) in [5, 5.41) is 11.3. The molecule has 1 N–H and O–H groups in total. The van der Waals surface area contributed by atoms with E-state index in [0.29, 0.717) is 0 Å². The fraction of sp³-hybridized carbons (Fsp3) is 0.667. The number of rotatable bonds is 13. The zero-order valence-corrected chi connectivity index (χ0v) is 31.7. The Morgan fingerprint density at radius 2 is 0.945 bits per heavy atom. The lowest BCUT2D eigenvalue weighted by molar-refractivity contribution is -0.378. The van der Waals surface area contributed by atoms with E-state index in [1.807, 2.05) is 6.07 Å². The van der Waals surface area contributed by atoms with E-state index in [0.717, 1.165) is 47.1 Å². The summed E-state index contributed by atoms with van der Waals surface area (Å²) in [6, 6.07) is 9.03. The molecule has 0 aliphatic carbocycles. The molecule has 3 aliphatic rings. The van der Waals surface area contributed by atoms with E-state index in [9.17, 15) is 33.9 Å². The predicted molar refractivity (Wildman–Crippen MR) is 179 cm³/mol. The van der Waals surface area contributed by atoms with Gasteiger partial charge in [-0.1, -0.05) is 30.3 Å². The van der Waals surface area contributed by atoms with Crippen molar-refractivity contribution in [1.82, 2.24) is 0 Å². The molecule has 55 heavy (non-hydrogen) atoms. The molecule has 0 unspecified atom stereocenters. The maximum atomic E-state index is 12.4. The van der Waals surface area contributed by atoms with Gasteiger partial charge < -0.3 is 61.9 Å². The van der Waals surface area contributed by atoms with Gasteiger partial charge in [0.25, 0.3) is 0 Å². The summed E-state index contributed by atoms with van der Waals surface area (Å²) in [4.78, 5) is 73.5. The summed E-state index contributed by atoms with van der Waals surface area (Å²) in [5.74, 6) is -4.76. The molecule has 0 saturated carbocycles. The summed E-state index contributed by atoms with van der Waals surface area (Å²) in [6.45, 7) is 9.40. The highest BCUT2D eigenvalue weighted by atomic mass is 16.8. The Kier molecular flexibility index (Phi) is 15.5. The molecule has 4 rings (SSSR count). The summed E-state index contributed by atoms with van der Waals surface area (Å²) in [7, 11) is 0. The second-order valence-corrected chi connectivity index (χ2v) is 13.1. The van der Waals surface area contributed by atoms with Gasteiger partial charge in [0.1, 0.15) is 18.3 Å². The van der Waals surface area contributed by atoms with Gasteiger partial charge in [-0.15, -0.1) is 0 Å². The average Bonchev–Trinajstić information content (AvgIpc) is 3.08. The first-order chi connectivity index (χ1) is 25.9. The van der Waals surface area contributed by atoms with Gasteiger partial charge in [0.15, 0.2) is 55.5 Å². The highest BCUT2D eigenvalue weighted by Crippen LogP contribution is 2.36. The number of ether oxygens (including phenoxy) is 12. The predicted octanol–water partition coefficient (Wildman–Crippen LogP) is 0.771. The minimum atomic E-state index is -1.79. The second-order valence-electron chi connectivity index (χ2n) is 13.1. The Bertz CT molecular complexity index is 1500. The topological polar surface area (TPSA) is 233 Å². The van der Waals surface area contributed by atoms with Gasteiger partial charge in [0, 0.05) is 41.5 Å². The Morgan fingerprint density at radius 1 is 0.564 bits per heavy atom. The number of carbonyl (C=O) groups is 6. The van der Waals surface area contributed by atoms with E-state index in [4.69, 9.17) is 56.8 Å². The molecule has 3 fully saturated rings. The quantitative estimate of drug-likeness (QED) is 0.215. The average molecular weight is 785 g/mol. The van der Waals surface area contributed by atoms with Crippen LogP contribution in [0.1, 0.15) is 61.0 Å². The third-order valence-corrected chi connectivity index (χ3v) is 8.56. The van der Waals surface area contributed by atoms with Crippen LogP contribution >= 0.6 is 0 Å². The van der Waals surface area contributed by atoms with Gasteiger partial charge in [-0.3, -0.25) is 28.8 Å². The summed E-state index contributed by atoms with van der Waals surface area (Å²) < 4.78 is 69.7. The molecule has 0 aromatic heterocycles. The lowest BCUT2D eigenvalue weighted by atomic mass is 9.97. The lowest BCUT2D eigenvalue weighted by Crippen LogP contribution is -2.66. The largest absolute Gasteiger partial charge is 0.456 e. The number of aliphatic hydroxyl groups is 1. The van der Waals surface area contributed by atoms with Crippen LogP contribution in [-0.4, -0.2) is 134 Å². The molecule has 0 amide bonds. The van der Waals surface area contributed by atoms with Gasteiger partial charge in [-0.2, -0.15) is 0 Å². The van der Waals surface area contributed by atoms with Crippen LogP contribution in [0.25, 0.3) is 0 Å². The molecule has 3 saturated heterocycles. The van der Waals surface area contributed by atoms with Crippen LogP contribution in [-0.2, 0) is 92.2 Å². The molecule has 3 aliphatic heterocycles. The summed E-state index contributed by atoms with van der Waals surface area (Å²) in [6.07, 6.45) is -19.6. The monoisotopic (exact) mass is 784 g/mol. The zero-order valence-electron chi connectivity index (χ0n) is 31.7. The van der Waals surface area contributed by atoms with Crippen molar-refractivity contribution in [2.45, 2.75) is 148 Å². The first-order valence-electron chi connectivity index (χ1n) is 17.6. The van der Waals surface area contributed by atoms with Crippen LogP contribution in [0.5, 0.6) is 0 Å². The van der Waals surface area contributed by atoms with Crippen LogP contribution < -0.4 is 0 Å². The SMILES string of the molecule is CC(=O)O[C@@H]1[C@@H](OC(C)=O)[C@H](C)O[C@@H](O[C@@H]2[C@H](O[C@@H]3O[C@@H](C)[C@H](OC(C)=O)[C@@H](OC(C)=O)[C@H]3OC(C)=O)[C@@H](O)OC[C@H]2OCc2ccccc2)[C@@H]1OC(C)=O. The fourth-order valence-electron chi connectivity index (χ4n) is 6.46. The fourth-order valence-corrected chi connectivity index (χ4v) is 6.46. The van der Waals surface area contributed by atoms with Crippen LogP contribution in [0, 0.1) is 0 Å². The minimum absolute atomic E-state index is 0.0169. The maximum absolute atomic E-state index is 12.4.